The van der Waals surface area contributed by atoms with Crippen molar-refractivity contribution in [1.29, 1.82) is 0 Å². The van der Waals surface area contributed by atoms with Gasteiger partial charge in [-0.15, -0.1) is 0 Å². The molecule has 0 spiro atoms. The second-order valence-electron chi connectivity index (χ2n) is 0. The predicted molar refractivity (Wildman–Crippen MR) is 42.6 cm³/mol. The molecule has 0 heterocycles. The third kappa shape index (κ3) is 107. The minimum atomic E-state index is 0. The molecule has 6 heteroatoms. The van der Waals surface area contributed by atoms with Gasteiger partial charge in [0.05, 0.1) is 0 Å². The number of hydrogen-bond acceptors (Lipinski definition) is 1. The molecule has 0 aromatic rings. The van der Waals surface area contributed by atoms with E-state index in [-0.39, 0.29) is 70.5 Å². The van der Waals surface area contributed by atoms with E-state index in [9.17, 15) is 0 Å². The molecule has 1 atom stereocenters. The largest absolute Gasteiger partial charge is 0.412 e. The Morgan fingerprint density at radius 1 is 1.00 bits per heavy atom. The Morgan fingerprint density at radius 2 is 1.00 bits per heavy atom. The Hall–Kier alpha value is 1.44. The SMILES string of the molecule is C.N.O.P.S.[Mn].[Si]. The molecule has 2 nitrogen and oxygen atoms in total. The van der Waals surface area contributed by atoms with E-state index in [1.54, 1.807) is 0 Å². The molecule has 0 rings (SSSR count). The van der Waals surface area contributed by atoms with Gasteiger partial charge in [-0.3, -0.25) is 0 Å². The summed E-state index contributed by atoms with van der Waals surface area (Å²) in [4.78, 5) is 0. The number of hydrogen-bond donors (Lipinski definition) is 1. The molecular weight excluding hydrogens is 188 g/mol. The van der Waals surface area contributed by atoms with E-state index >= 15 is 0 Å². The van der Waals surface area contributed by atoms with E-state index in [0.29, 0.717) is 0 Å². The van der Waals surface area contributed by atoms with Crippen LogP contribution in [0.2, 0.25) is 0 Å². The van der Waals surface area contributed by atoms with Crippen LogP contribution in [-0.4, -0.2) is 16.4 Å². The van der Waals surface area contributed by atoms with Crippen molar-refractivity contribution in [2.24, 2.45) is 0 Å². The van der Waals surface area contributed by atoms with E-state index in [1.165, 1.54) is 0 Å². The van der Waals surface area contributed by atoms with Crippen molar-refractivity contribution < 1.29 is 22.5 Å². The van der Waals surface area contributed by atoms with Gasteiger partial charge in [0.2, 0.25) is 0 Å². The smallest absolute Gasteiger partial charge is 0 e. The van der Waals surface area contributed by atoms with Gasteiger partial charge in [0.25, 0.3) is 0 Å². The van der Waals surface area contributed by atoms with E-state index in [2.05, 4.69) is 0 Å². The first-order valence-electron chi connectivity index (χ1n) is 0. The molecule has 5 radical (unpaired) electrons. The van der Waals surface area contributed by atoms with Gasteiger partial charge in [0.1, 0.15) is 0 Å². The van der Waals surface area contributed by atoms with Gasteiger partial charge in [-0.25, -0.2) is 0 Å². The third-order valence-corrected chi connectivity index (χ3v) is 0. The molecule has 0 aliphatic heterocycles. The Morgan fingerprint density at radius 3 is 1.00 bits per heavy atom. The molecule has 0 bridgehead atoms. The second-order valence-corrected chi connectivity index (χ2v) is 0. The van der Waals surface area contributed by atoms with Gasteiger partial charge in [0, 0.05) is 28.0 Å². The minimum Gasteiger partial charge on any atom is -0.412 e. The molecule has 0 aliphatic carbocycles. The summed E-state index contributed by atoms with van der Waals surface area (Å²) in [7, 11) is 0. The van der Waals surface area contributed by atoms with E-state index < -0.39 is 0 Å². The normalized spacial score (nSPS) is 0. The van der Waals surface area contributed by atoms with Crippen molar-refractivity contribution in [2.75, 3.05) is 0 Å². The summed E-state index contributed by atoms with van der Waals surface area (Å²) in [6, 6.07) is 0. The standard InChI is InChI=1S/CH4.Mn.H3N.H2O.H3P.H2S.Si/h1H4;;1H3;1H2;1H3;1H2;. The zero-order chi connectivity index (χ0) is 0. The van der Waals surface area contributed by atoms with Crippen LogP contribution in [0.1, 0.15) is 7.43 Å². The summed E-state index contributed by atoms with van der Waals surface area (Å²) in [6.45, 7) is 0. The molecule has 0 aromatic carbocycles. The maximum absolute atomic E-state index is 0. The fourth-order valence-electron chi connectivity index (χ4n) is 0. The third-order valence-electron chi connectivity index (χ3n) is 0. The Bertz CT molecular complexity index is 19.7. The first-order chi connectivity index (χ1) is 0. The first-order valence-corrected chi connectivity index (χ1v) is 0. The Kier molecular flexibility index (Phi) is 4820. The zero-order valence-corrected chi connectivity index (χ0v) is 7.89. The monoisotopic (exact) mass is 202 g/mol. The topological polar surface area (TPSA) is 66.5 Å². The molecule has 0 amide bonds. The van der Waals surface area contributed by atoms with Gasteiger partial charge < -0.3 is 11.6 Å². The summed E-state index contributed by atoms with van der Waals surface area (Å²) >= 11 is 0. The summed E-state index contributed by atoms with van der Waals surface area (Å²) in [5.74, 6) is 0. The van der Waals surface area contributed by atoms with Crippen LogP contribution < -0.4 is 6.15 Å². The quantitative estimate of drug-likeness (QED) is 0.427. The van der Waals surface area contributed by atoms with Crippen LogP contribution in [-0.2, 0) is 17.1 Å². The average Bonchev–Trinajstić information content (AvgIpc) is 0. The van der Waals surface area contributed by atoms with Crippen LogP contribution >= 0.6 is 23.4 Å². The second kappa shape index (κ2) is 149. The Labute approximate surface area is 70.7 Å². The molecule has 1 unspecified atom stereocenters. The van der Waals surface area contributed by atoms with Crippen LogP contribution in [0.4, 0.5) is 0 Å². The maximum Gasteiger partial charge on any atom is 0 e. The van der Waals surface area contributed by atoms with Crippen LogP contribution in [0.25, 0.3) is 0 Å². The fraction of sp³-hybridized carbons (Fsp3) is 1.00. The summed E-state index contributed by atoms with van der Waals surface area (Å²) in [5, 5.41) is 0. The van der Waals surface area contributed by atoms with E-state index in [4.69, 9.17) is 0 Å². The van der Waals surface area contributed by atoms with Crippen molar-refractivity contribution >= 4 is 34.4 Å². The molecular formula is CH14MnNOPSSi. The maximum atomic E-state index is 0. The molecule has 51 valence electrons. The van der Waals surface area contributed by atoms with Crippen molar-refractivity contribution in [3.8, 4) is 0 Å². The summed E-state index contributed by atoms with van der Waals surface area (Å²) < 4.78 is 0. The van der Waals surface area contributed by atoms with Gasteiger partial charge in [-0.05, 0) is 0 Å². The molecule has 5 N–H and O–H groups in total. The van der Waals surface area contributed by atoms with Gasteiger partial charge in [-0.1, -0.05) is 7.43 Å². The summed E-state index contributed by atoms with van der Waals surface area (Å²) in [6.07, 6.45) is 0. The average molecular weight is 202 g/mol. The van der Waals surface area contributed by atoms with Crippen LogP contribution in [0.5, 0.6) is 0 Å². The molecule has 0 aromatic heterocycles. The first kappa shape index (κ1) is 226. The van der Waals surface area contributed by atoms with Crippen LogP contribution in [0, 0.1) is 0 Å². The molecule has 0 fully saturated rings. The molecule has 0 saturated heterocycles. The van der Waals surface area contributed by atoms with Crippen molar-refractivity contribution in [3.05, 3.63) is 0 Å². The van der Waals surface area contributed by atoms with E-state index in [1.807, 2.05) is 0 Å². The van der Waals surface area contributed by atoms with Crippen LogP contribution in [0.15, 0.2) is 0 Å². The van der Waals surface area contributed by atoms with Gasteiger partial charge in [0.15, 0.2) is 0 Å². The van der Waals surface area contributed by atoms with Crippen LogP contribution in [0.3, 0.4) is 0 Å². The number of rotatable bonds is 0. The minimum absolute atomic E-state index is 0. The van der Waals surface area contributed by atoms with Crippen molar-refractivity contribution in [2.45, 2.75) is 7.43 Å². The molecule has 0 aliphatic rings. The van der Waals surface area contributed by atoms with Crippen molar-refractivity contribution in [3.63, 3.8) is 0 Å². The van der Waals surface area contributed by atoms with Crippen molar-refractivity contribution in [1.82, 2.24) is 6.15 Å². The fourth-order valence-corrected chi connectivity index (χ4v) is 0. The summed E-state index contributed by atoms with van der Waals surface area (Å²) in [5.41, 5.74) is 0. The predicted octanol–water partition coefficient (Wildman–Crippen LogP) is -0.239. The molecule has 0 saturated carbocycles. The van der Waals surface area contributed by atoms with Gasteiger partial charge >= 0.3 is 0 Å². The molecule has 7 heavy (non-hydrogen) atoms. The Balaban J connectivity index is 0. The zero-order valence-electron chi connectivity index (χ0n) is 3.29. The van der Waals surface area contributed by atoms with E-state index in [0.717, 1.165) is 0 Å². The van der Waals surface area contributed by atoms with Gasteiger partial charge in [-0.2, -0.15) is 23.4 Å².